The molecule has 0 aliphatic carbocycles. The van der Waals surface area contributed by atoms with Gasteiger partial charge in [0, 0.05) is 12.1 Å². The summed E-state index contributed by atoms with van der Waals surface area (Å²) < 4.78 is 5.56. The Balaban J connectivity index is 4.33. The summed E-state index contributed by atoms with van der Waals surface area (Å²) in [5, 5.41) is 0. The van der Waals surface area contributed by atoms with Crippen molar-refractivity contribution in [2.24, 2.45) is 5.84 Å². The summed E-state index contributed by atoms with van der Waals surface area (Å²) in [6.07, 6.45) is 2.08. The fourth-order valence-corrected chi connectivity index (χ4v) is 1.63. The van der Waals surface area contributed by atoms with Gasteiger partial charge in [0.05, 0.1) is 12.6 Å². The summed E-state index contributed by atoms with van der Waals surface area (Å²) in [6, 6.07) is 0.157. The Morgan fingerprint density at radius 3 is 2.33 bits per heavy atom. The molecule has 3 N–H and O–H groups in total. The van der Waals surface area contributed by atoms with Crippen LogP contribution in [0.5, 0.6) is 0 Å². The lowest BCUT2D eigenvalue weighted by molar-refractivity contribution is 0.0371. The molecule has 0 aliphatic heterocycles. The van der Waals surface area contributed by atoms with Gasteiger partial charge >= 0.3 is 0 Å². The highest BCUT2D eigenvalue weighted by Crippen LogP contribution is 2.20. The average molecular weight is 217 g/mol. The number of rotatable bonds is 8. The number of nitrogens with one attached hydrogen (secondary N) is 1. The van der Waals surface area contributed by atoms with Gasteiger partial charge in [-0.3, -0.25) is 11.3 Å². The molecule has 0 aromatic carbocycles. The lowest BCUT2D eigenvalue weighted by atomic mass is 9.89. The predicted molar refractivity (Wildman–Crippen MR) is 64.6 cm³/mol. The summed E-state index contributed by atoms with van der Waals surface area (Å²) >= 11 is 0. The van der Waals surface area contributed by atoms with Gasteiger partial charge < -0.3 is 9.64 Å². The molecule has 0 heterocycles. The number of ether oxygens (including phenoxy) is 1. The molecule has 15 heavy (non-hydrogen) atoms. The fraction of sp³-hybridized carbons (Fsp3) is 1.00. The van der Waals surface area contributed by atoms with Gasteiger partial charge in [-0.15, -0.1) is 0 Å². The van der Waals surface area contributed by atoms with Crippen LogP contribution in [0.3, 0.4) is 0 Å². The maximum Gasteiger partial charge on any atom is 0.0651 e. The van der Waals surface area contributed by atoms with E-state index in [2.05, 4.69) is 45.2 Å². The highest BCUT2D eigenvalue weighted by molar-refractivity contribution is 4.93. The molecule has 2 atom stereocenters. The van der Waals surface area contributed by atoms with E-state index in [9.17, 15) is 0 Å². The molecule has 92 valence electrons. The third-order valence-corrected chi connectivity index (χ3v) is 3.32. The lowest BCUT2D eigenvalue weighted by Crippen LogP contribution is -2.60. The molecule has 0 aromatic heterocycles. The molecule has 0 amide bonds. The SMILES string of the molecule is CCCOCC(NN)C(C)(CC)N(C)C. The van der Waals surface area contributed by atoms with Crippen molar-refractivity contribution in [3.05, 3.63) is 0 Å². The minimum atomic E-state index is 0.0302. The Morgan fingerprint density at radius 2 is 2.00 bits per heavy atom. The molecule has 0 aliphatic rings. The molecule has 0 aromatic rings. The third kappa shape index (κ3) is 4.07. The summed E-state index contributed by atoms with van der Waals surface area (Å²) in [5.74, 6) is 5.60. The van der Waals surface area contributed by atoms with Gasteiger partial charge in [0.1, 0.15) is 0 Å². The van der Waals surface area contributed by atoms with Crippen LogP contribution in [0.25, 0.3) is 0 Å². The zero-order chi connectivity index (χ0) is 11.9. The summed E-state index contributed by atoms with van der Waals surface area (Å²) in [4.78, 5) is 2.20. The number of hydrazine groups is 1. The molecular weight excluding hydrogens is 190 g/mol. The van der Waals surface area contributed by atoms with Crippen molar-refractivity contribution in [1.82, 2.24) is 10.3 Å². The minimum absolute atomic E-state index is 0.0302. The molecule has 0 saturated carbocycles. The van der Waals surface area contributed by atoms with Gasteiger partial charge in [-0.05, 0) is 33.9 Å². The van der Waals surface area contributed by atoms with E-state index in [-0.39, 0.29) is 11.6 Å². The van der Waals surface area contributed by atoms with Crippen LogP contribution in [0.1, 0.15) is 33.6 Å². The average Bonchev–Trinajstić information content (AvgIpc) is 2.23. The molecule has 0 fully saturated rings. The standard InChI is InChI=1S/C11H27N3O/c1-6-8-15-9-10(13-12)11(3,7-2)14(4)5/h10,13H,6-9,12H2,1-5H3. The van der Waals surface area contributed by atoms with Crippen LogP contribution in [0.15, 0.2) is 0 Å². The van der Waals surface area contributed by atoms with E-state index in [4.69, 9.17) is 10.6 Å². The minimum Gasteiger partial charge on any atom is -0.380 e. The van der Waals surface area contributed by atoms with E-state index in [0.29, 0.717) is 6.61 Å². The number of likely N-dealkylation sites (N-methyl/N-ethyl adjacent to an activating group) is 1. The van der Waals surface area contributed by atoms with Crippen molar-refractivity contribution in [2.45, 2.75) is 45.2 Å². The maximum atomic E-state index is 5.60. The second-order valence-corrected chi connectivity index (χ2v) is 4.40. The van der Waals surface area contributed by atoms with Crippen molar-refractivity contribution in [2.75, 3.05) is 27.3 Å². The second-order valence-electron chi connectivity index (χ2n) is 4.40. The van der Waals surface area contributed by atoms with Crippen molar-refractivity contribution >= 4 is 0 Å². The number of nitrogens with zero attached hydrogens (tertiary/aromatic N) is 1. The monoisotopic (exact) mass is 217 g/mol. The largest absolute Gasteiger partial charge is 0.380 e. The quantitative estimate of drug-likeness (QED) is 0.361. The first-order valence-electron chi connectivity index (χ1n) is 5.74. The van der Waals surface area contributed by atoms with Gasteiger partial charge in [-0.2, -0.15) is 0 Å². The molecule has 4 heteroatoms. The zero-order valence-corrected chi connectivity index (χ0v) is 10.8. The fourth-order valence-electron chi connectivity index (χ4n) is 1.63. The van der Waals surface area contributed by atoms with Gasteiger partial charge in [0.2, 0.25) is 0 Å². The molecule has 0 saturated heterocycles. The van der Waals surface area contributed by atoms with Crippen LogP contribution in [0.2, 0.25) is 0 Å². The van der Waals surface area contributed by atoms with E-state index in [1.165, 1.54) is 0 Å². The van der Waals surface area contributed by atoms with Crippen molar-refractivity contribution in [3.8, 4) is 0 Å². The van der Waals surface area contributed by atoms with Crippen LogP contribution >= 0.6 is 0 Å². The van der Waals surface area contributed by atoms with E-state index in [1.807, 2.05) is 0 Å². The van der Waals surface area contributed by atoms with E-state index < -0.39 is 0 Å². The van der Waals surface area contributed by atoms with Crippen LogP contribution < -0.4 is 11.3 Å². The highest BCUT2D eigenvalue weighted by Gasteiger charge is 2.34. The van der Waals surface area contributed by atoms with Crippen LogP contribution in [0, 0.1) is 0 Å². The second kappa shape index (κ2) is 7.17. The smallest absolute Gasteiger partial charge is 0.0651 e. The van der Waals surface area contributed by atoms with Crippen LogP contribution in [-0.2, 0) is 4.74 Å². The Labute approximate surface area is 94.1 Å². The first-order valence-corrected chi connectivity index (χ1v) is 5.74. The zero-order valence-electron chi connectivity index (χ0n) is 10.8. The van der Waals surface area contributed by atoms with Gasteiger partial charge in [0.15, 0.2) is 0 Å². The van der Waals surface area contributed by atoms with Crippen molar-refractivity contribution in [3.63, 3.8) is 0 Å². The molecule has 0 rings (SSSR count). The molecule has 0 radical (unpaired) electrons. The lowest BCUT2D eigenvalue weighted by Gasteiger charge is -2.42. The van der Waals surface area contributed by atoms with E-state index >= 15 is 0 Å². The number of hydrogen-bond acceptors (Lipinski definition) is 4. The molecule has 4 nitrogen and oxygen atoms in total. The van der Waals surface area contributed by atoms with Crippen LogP contribution in [-0.4, -0.2) is 43.8 Å². The summed E-state index contributed by atoms with van der Waals surface area (Å²) in [5.41, 5.74) is 2.90. The Kier molecular flexibility index (Phi) is 7.09. The topological polar surface area (TPSA) is 50.5 Å². The van der Waals surface area contributed by atoms with Gasteiger partial charge in [0.25, 0.3) is 0 Å². The summed E-state index contributed by atoms with van der Waals surface area (Å²) in [6.45, 7) is 7.94. The number of nitrogens with two attached hydrogens (primary N) is 1. The normalized spacial score (nSPS) is 17.8. The molecule has 2 unspecified atom stereocenters. The van der Waals surface area contributed by atoms with Gasteiger partial charge in [-0.25, -0.2) is 0 Å². The maximum absolute atomic E-state index is 5.60. The van der Waals surface area contributed by atoms with E-state index in [1.54, 1.807) is 0 Å². The predicted octanol–water partition coefficient (Wildman–Crippen LogP) is 0.975. The Bertz CT molecular complexity index is 164. The van der Waals surface area contributed by atoms with E-state index in [0.717, 1.165) is 19.4 Å². The van der Waals surface area contributed by atoms with Gasteiger partial charge in [-0.1, -0.05) is 13.8 Å². The Hall–Kier alpha value is -0.160. The highest BCUT2D eigenvalue weighted by atomic mass is 16.5. The first kappa shape index (κ1) is 14.8. The Morgan fingerprint density at radius 1 is 1.40 bits per heavy atom. The van der Waals surface area contributed by atoms with Crippen LogP contribution in [0.4, 0.5) is 0 Å². The molecule has 0 spiro atoms. The third-order valence-electron chi connectivity index (χ3n) is 3.32. The molecular formula is C11H27N3O. The van der Waals surface area contributed by atoms with Crippen molar-refractivity contribution < 1.29 is 4.74 Å². The van der Waals surface area contributed by atoms with Crippen molar-refractivity contribution in [1.29, 1.82) is 0 Å². The first-order chi connectivity index (χ1) is 7.02. The summed E-state index contributed by atoms with van der Waals surface area (Å²) in [7, 11) is 4.15. The number of hydrogen-bond donors (Lipinski definition) is 2. The molecule has 0 bridgehead atoms.